The zero-order valence-electron chi connectivity index (χ0n) is 19.3. The Morgan fingerprint density at radius 1 is 0.848 bits per heavy atom. The normalized spacial score (nSPS) is 11.5. The summed E-state index contributed by atoms with van der Waals surface area (Å²) in [6.45, 7) is 10.3. The second-order valence-corrected chi connectivity index (χ2v) is 7.37. The van der Waals surface area contributed by atoms with E-state index >= 15 is 0 Å². The van der Waals surface area contributed by atoms with Gasteiger partial charge in [-0.25, -0.2) is 9.59 Å². The van der Waals surface area contributed by atoms with Gasteiger partial charge in [-0.2, -0.15) is 0 Å². The smallest absolute Gasteiger partial charge is 0.343 e. The molecule has 0 heterocycles. The molecule has 33 heavy (non-hydrogen) atoms. The molecule has 0 radical (unpaired) electrons. The molecule has 0 saturated carbocycles. The Morgan fingerprint density at radius 3 is 2.06 bits per heavy atom. The molecule has 0 aliphatic carbocycles. The number of rotatable bonds is 15. The van der Waals surface area contributed by atoms with Crippen molar-refractivity contribution < 1.29 is 33.3 Å². The number of carbonyl (C=O) groups is 2. The summed E-state index contributed by atoms with van der Waals surface area (Å²) in [5, 5.41) is 0. The van der Waals surface area contributed by atoms with E-state index in [9.17, 15) is 9.59 Å². The minimum absolute atomic E-state index is 0.312. The van der Waals surface area contributed by atoms with Crippen molar-refractivity contribution in [2.75, 3.05) is 39.6 Å². The summed E-state index contributed by atoms with van der Waals surface area (Å²) in [5.74, 6) is 0.379. The number of benzene rings is 2. The summed E-state index contributed by atoms with van der Waals surface area (Å²) >= 11 is 0. The van der Waals surface area contributed by atoms with Crippen LogP contribution in [0.5, 0.6) is 11.5 Å². The van der Waals surface area contributed by atoms with Crippen LogP contribution in [0.1, 0.15) is 41.0 Å². The summed E-state index contributed by atoms with van der Waals surface area (Å²) in [5.41, 5.74) is 0.794. The lowest BCUT2D eigenvalue weighted by Crippen LogP contribution is -2.12. The van der Waals surface area contributed by atoms with E-state index in [1.165, 1.54) is 0 Å². The number of carbonyl (C=O) groups excluding carboxylic acids is 2. The van der Waals surface area contributed by atoms with Gasteiger partial charge in [0, 0.05) is 0 Å². The fourth-order valence-corrected chi connectivity index (χ4v) is 2.54. The van der Waals surface area contributed by atoms with Gasteiger partial charge in [-0.05, 0) is 54.4 Å². The van der Waals surface area contributed by atoms with E-state index in [0.717, 1.165) is 6.42 Å². The van der Waals surface area contributed by atoms with Crippen LogP contribution in [0, 0.1) is 5.92 Å². The predicted molar refractivity (Wildman–Crippen MR) is 125 cm³/mol. The van der Waals surface area contributed by atoms with Crippen molar-refractivity contribution in [2.45, 2.75) is 20.3 Å². The number of ether oxygens (including phenoxy) is 5. The van der Waals surface area contributed by atoms with Gasteiger partial charge in [-0.3, -0.25) is 0 Å². The van der Waals surface area contributed by atoms with Crippen molar-refractivity contribution in [2.24, 2.45) is 5.92 Å². The highest BCUT2D eigenvalue weighted by atomic mass is 16.5. The zero-order chi connectivity index (χ0) is 23.9. The molecule has 178 valence electrons. The van der Waals surface area contributed by atoms with Crippen molar-refractivity contribution in [3.63, 3.8) is 0 Å². The van der Waals surface area contributed by atoms with Gasteiger partial charge in [0.05, 0.1) is 44.2 Å². The fraction of sp³-hybridized carbons (Fsp3) is 0.385. The van der Waals surface area contributed by atoms with E-state index in [1.807, 2.05) is 13.8 Å². The quantitative estimate of drug-likeness (QED) is 0.166. The van der Waals surface area contributed by atoms with Gasteiger partial charge < -0.3 is 23.7 Å². The summed E-state index contributed by atoms with van der Waals surface area (Å²) in [6.07, 6.45) is 2.63. The van der Waals surface area contributed by atoms with E-state index in [-0.39, 0.29) is 0 Å². The van der Waals surface area contributed by atoms with E-state index < -0.39 is 11.9 Å². The molecule has 0 aliphatic heterocycles. The molecule has 0 saturated heterocycles. The van der Waals surface area contributed by atoms with Crippen LogP contribution >= 0.6 is 0 Å². The molecule has 0 spiro atoms. The van der Waals surface area contributed by atoms with Crippen molar-refractivity contribution in [1.29, 1.82) is 0 Å². The van der Waals surface area contributed by atoms with Crippen LogP contribution in [0.25, 0.3) is 0 Å². The molecule has 2 aromatic rings. The lowest BCUT2D eigenvalue weighted by atomic mass is 10.1. The average Bonchev–Trinajstić information content (AvgIpc) is 2.84. The lowest BCUT2D eigenvalue weighted by molar-refractivity contribution is 0.0447. The SMILES string of the molecule is C=CCOCCOCCOc1ccc(C(=O)Oc2ccc(C(=O)OC[C@@H](C)CC)cc2)cc1. The minimum Gasteiger partial charge on any atom is -0.491 e. The molecule has 0 unspecified atom stereocenters. The summed E-state index contributed by atoms with van der Waals surface area (Å²) in [6, 6.07) is 12.9. The van der Waals surface area contributed by atoms with Gasteiger partial charge in [0.25, 0.3) is 0 Å². The molecule has 7 heteroatoms. The molecule has 1 atom stereocenters. The molecular formula is C26H32O7. The molecule has 0 aliphatic rings. The first-order valence-corrected chi connectivity index (χ1v) is 11.0. The van der Waals surface area contributed by atoms with Gasteiger partial charge in [0.15, 0.2) is 0 Å². The molecule has 0 amide bonds. The topological polar surface area (TPSA) is 80.3 Å². The Balaban J connectivity index is 1.74. The minimum atomic E-state index is -0.503. The monoisotopic (exact) mass is 456 g/mol. The van der Waals surface area contributed by atoms with Gasteiger partial charge in [-0.1, -0.05) is 26.3 Å². The summed E-state index contributed by atoms with van der Waals surface area (Å²) in [7, 11) is 0. The van der Waals surface area contributed by atoms with Gasteiger partial charge in [0.2, 0.25) is 0 Å². The molecule has 2 aromatic carbocycles. The van der Waals surface area contributed by atoms with Crippen molar-refractivity contribution in [1.82, 2.24) is 0 Å². The van der Waals surface area contributed by atoms with Crippen LogP contribution in [-0.4, -0.2) is 51.6 Å². The highest BCUT2D eigenvalue weighted by molar-refractivity contribution is 5.92. The molecule has 7 nitrogen and oxygen atoms in total. The summed E-state index contributed by atoms with van der Waals surface area (Å²) in [4.78, 5) is 24.4. The first-order valence-electron chi connectivity index (χ1n) is 11.0. The fourth-order valence-electron chi connectivity index (χ4n) is 2.54. The van der Waals surface area contributed by atoms with E-state index in [1.54, 1.807) is 54.6 Å². The Morgan fingerprint density at radius 2 is 1.42 bits per heavy atom. The highest BCUT2D eigenvalue weighted by Gasteiger charge is 2.12. The molecule has 0 N–H and O–H groups in total. The Hall–Kier alpha value is -3.16. The Labute approximate surface area is 195 Å². The zero-order valence-corrected chi connectivity index (χ0v) is 19.3. The van der Waals surface area contributed by atoms with E-state index in [2.05, 4.69) is 6.58 Å². The maximum atomic E-state index is 12.4. The van der Waals surface area contributed by atoms with Crippen molar-refractivity contribution in [3.8, 4) is 11.5 Å². The molecule has 0 aromatic heterocycles. The maximum Gasteiger partial charge on any atom is 0.343 e. The van der Waals surface area contributed by atoms with Crippen LogP contribution in [0.4, 0.5) is 0 Å². The number of esters is 2. The molecular weight excluding hydrogens is 424 g/mol. The van der Waals surface area contributed by atoms with Crippen LogP contribution in [0.2, 0.25) is 0 Å². The standard InChI is InChI=1S/C26H32O7/c1-4-14-29-15-16-30-17-18-31-23-10-6-22(7-11-23)26(28)33-24-12-8-21(9-13-24)25(27)32-19-20(3)5-2/h4,6-13,20H,1,5,14-19H2,2-3H3/t20-/m0/s1. The summed E-state index contributed by atoms with van der Waals surface area (Å²) < 4.78 is 26.8. The van der Waals surface area contributed by atoms with E-state index in [0.29, 0.717) is 68.2 Å². The third kappa shape index (κ3) is 9.89. The van der Waals surface area contributed by atoms with Gasteiger partial charge in [0.1, 0.15) is 18.1 Å². The number of hydrogen-bond donors (Lipinski definition) is 0. The van der Waals surface area contributed by atoms with Crippen LogP contribution < -0.4 is 9.47 Å². The molecule has 0 fully saturated rings. The van der Waals surface area contributed by atoms with E-state index in [4.69, 9.17) is 23.7 Å². The van der Waals surface area contributed by atoms with Crippen LogP contribution in [0.3, 0.4) is 0 Å². The van der Waals surface area contributed by atoms with Crippen molar-refractivity contribution in [3.05, 3.63) is 72.3 Å². The molecule has 0 bridgehead atoms. The second kappa shape index (κ2) is 14.8. The third-order valence-corrected chi connectivity index (χ3v) is 4.69. The Kier molecular flexibility index (Phi) is 11.7. The second-order valence-electron chi connectivity index (χ2n) is 7.37. The molecule has 2 rings (SSSR count). The Bertz CT molecular complexity index is 859. The first kappa shape index (κ1) is 26.1. The predicted octanol–water partition coefficient (Wildman–Crippen LogP) is 4.71. The largest absolute Gasteiger partial charge is 0.491 e. The maximum absolute atomic E-state index is 12.4. The van der Waals surface area contributed by atoms with Crippen molar-refractivity contribution >= 4 is 11.9 Å². The number of hydrogen-bond acceptors (Lipinski definition) is 7. The van der Waals surface area contributed by atoms with Gasteiger partial charge >= 0.3 is 11.9 Å². The average molecular weight is 457 g/mol. The highest BCUT2D eigenvalue weighted by Crippen LogP contribution is 2.17. The lowest BCUT2D eigenvalue weighted by Gasteiger charge is -2.10. The van der Waals surface area contributed by atoms with Crippen LogP contribution in [-0.2, 0) is 14.2 Å². The first-order chi connectivity index (χ1) is 16.0. The van der Waals surface area contributed by atoms with Crippen LogP contribution in [0.15, 0.2) is 61.2 Å². The third-order valence-electron chi connectivity index (χ3n) is 4.69. The van der Waals surface area contributed by atoms with Gasteiger partial charge in [-0.15, -0.1) is 6.58 Å².